The molecule has 4 rings (SSSR count). The molecule has 7 heteroatoms. The van der Waals surface area contributed by atoms with Crippen LogP contribution in [0.1, 0.15) is 55.1 Å². The van der Waals surface area contributed by atoms with Crippen molar-refractivity contribution in [3.05, 3.63) is 77.4 Å². The second-order valence-corrected chi connectivity index (χ2v) is 10.6. The monoisotopic (exact) mass is 504 g/mol. The summed E-state index contributed by atoms with van der Waals surface area (Å²) in [6, 6.07) is 19.5. The Morgan fingerprint density at radius 2 is 1.73 bits per heavy atom. The summed E-state index contributed by atoms with van der Waals surface area (Å²) in [4.78, 5) is 25.6. The first kappa shape index (κ1) is 26.5. The van der Waals surface area contributed by atoms with E-state index in [0.29, 0.717) is 11.3 Å². The third-order valence-corrected chi connectivity index (χ3v) is 6.40. The van der Waals surface area contributed by atoms with Crippen molar-refractivity contribution in [3.8, 4) is 5.75 Å². The van der Waals surface area contributed by atoms with Gasteiger partial charge in [0.2, 0.25) is 0 Å². The summed E-state index contributed by atoms with van der Waals surface area (Å²) in [5, 5.41) is 8.41. The van der Waals surface area contributed by atoms with Gasteiger partial charge < -0.3 is 24.8 Å². The molecule has 0 spiro atoms. The number of carbonyl (C=O) groups excluding carboxylic acids is 2. The van der Waals surface area contributed by atoms with Crippen molar-refractivity contribution in [2.75, 3.05) is 20.3 Å². The molecule has 1 unspecified atom stereocenters. The van der Waals surface area contributed by atoms with E-state index in [-0.39, 0.29) is 24.7 Å². The Morgan fingerprint density at radius 3 is 2.43 bits per heavy atom. The Kier molecular flexibility index (Phi) is 7.73. The van der Waals surface area contributed by atoms with E-state index in [1.807, 2.05) is 37.3 Å². The van der Waals surface area contributed by atoms with Gasteiger partial charge in [-0.3, -0.25) is 4.79 Å². The Labute approximate surface area is 218 Å². The number of amides is 2. The molecular formula is C30H36N2O5. The van der Waals surface area contributed by atoms with E-state index < -0.39 is 17.7 Å². The fourth-order valence-electron chi connectivity index (χ4n) is 4.45. The van der Waals surface area contributed by atoms with E-state index in [4.69, 9.17) is 14.2 Å². The van der Waals surface area contributed by atoms with Crippen LogP contribution in [-0.2, 0) is 15.0 Å². The maximum absolute atomic E-state index is 13.4. The molecule has 3 aromatic carbocycles. The largest absolute Gasteiger partial charge is 0.491 e. The highest BCUT2D eigenvalue weighted by molar-refractivity contribution is 5.97. The summed E-state index contributed by atoms with van der Waals surface area (Å²) in [6.45, 7) is 7.75. The van der Waals surface area contributed by atoms with Crippen molar-refractivity contribution in [2.24, 2.45) is 0 Å². The minimum absolute atomic E-state index is 0.131. The Bertz CT molecular complexity index is 1270. The lowest BCUT2D eigenvalue weighted by molar-refractivity contribution is 0.0438. The maximum atomic E-state index is 13.4. The van der Waals surface area contributed by atoms with Crippen LogP contribution >= 0.6 is 0 Å². The molecule has 1 saturated carbocycles. The minimum atomic E-state index is -0.604. The van der Waals surface area contributed by atoms with Crippen LogP contribution in [0.2, 0.25) is 0 Å². The molecular weight excluding hydrogens is 468 g/mol. The summed E-state index contributed by atoms with van der Waals surface area (Å²) in [5.41, 5.74) is 1.61. The maximum Gasteiger partial charge on any atom is 0.408 e. The quantitative estimate of drug-likeness (QED) is 0.403. The first-order chi connectivity index (χ1) is 17.6. The number of nitrogens with one attached hydrogen (secondary N) is 2. The van der Waals surface area contributed by atoms with Crippen LogP contribution < -0.4 is 15.4 Å². The van der Waals surface area contributed by atoms with Crippen LogP contribution in [0.4, 0.5) is 4.79 Å². The van der Waals surface area contributed by atoms with Crippen molar-refractivity contribution < 1.29 is 23.8 Å². The van der Waals surface area contributed by atoms with Gasteiger partial charge in [-0.15, -0.1) is 0 Å². The smallest absolute Gasteiger partial charge is 0.408 e. The van der Waals surface area contributed by atoms with Gasteiger partial charge in [-0.1, -0.05) is 48.5 Å². The number of methoxy groups -OCH3 is 1. The molecule has 7 nitrogen and oxygen atoms in total. The van der Waals surface area contributed by atoms with Crippen LogP contribution in [0, 0.1) is 6.92 Å². The molecule has 0 aliphatic heterocycles. The lowest BCUT2D eigenvalue weighted by Crippen LogP contribution is -2.44. The molecule has 0 aromatic heterocycles. The van der Waals surface area contributed by atoms with E-state index >= 15 is 0 Å². The summed E-state index contributed by atoms with van der Waals surface area (Å²) in [7, 11) is 1.56. The molecule has 196 valence electrons. The molecule has 2 N–H and O–H groups in total. The van der Waals surface area contributed by atoms with Crippen molar-refractivity contribution in [2.45, 2.75) is 57.7 Å². The van der Waals surface area contributed by atoms with Crippen molar-refractivity contribution in [3.63, 3.8) is 0 Å². The highest BCUT2D eigenvalue weighted by Gasteiger charge is 2.46. The summed E-state index contributed by atoms with van der Waals surface area (Å²) in [5.74, 6) is 0.409. The number of hydrogen-bond donors (Lipinski definition) is 2. The zero-order valence-corrected chi connectivity index (χ0v) is 22.2. The van der Waals surface area contributed by atoms with E-state index in [9.17, 15) is 9.59 Å². The Hall–Kier alpha value is -3.58. The third kappa shape index (κ3) is 6.60. The zero-order valence-electron chi connectivity index (χ0n) is 22.2. The van der Waals surface area contributed by atoms with Crippen LogP contribution in [0.25, 0.3) is 10.8 Å². The molecule has 37 heavy (non-hydrogen) atoms. The van der Waals surface area contributed by atoms with Gasteiger partial charge in [0.25, 0.3) is 5.91 Å². The van der Waals surface area contributed by atoms with Crippen molar-refractivity contribution in [1.82, 2.24) is 10.6 Å². The third-order valence-electron chi connectivity index (χ3n) is 6.40. The number of rotatable bonds is 9. The van der Waals surface area contributed by atoms with Gasteiger partial charge in [-0.25, -0.2) is 4.79 Å². The van der Waals surface area contributed by atoms with E-state index in [1.54, 1.807) is 33.9 Å². The predicted molar refractivity (Wildman–Crippen MR) is 144 cm³/mol. The van der Waals surface area contributed by atoms with Crippen molar-refractivity contribution in [1.29, 1.82) is 0 Å². The Balaban J connectivity index is 1.45. The Morgan fingerprint density at radius 1 is 1.00 bits per heavy atom. The fourth-order valence-corrected chi connectivity index (χ4v) is 4.45. The van der Waals surface area contributed by atoms with Crippen LogP contribution in [0.5, 0.6) is 5.75 Å². The molecule has 1 atom stereocenters. The molecule has 3 aromatic rings. The van der Waals surface area contributed by atoms with Crippen LogP contribution in [0.15, 0.2) is 60.7 Å². The molecule has 2 amide bonds. The van der Waals surface area contributed by atoms with Crippen LogP contribution in [0.3, 0.4) is 0 Å². The molecule has 0 saturated heterocycles. The second-order valence-electron chi connectivity index (χ2n) is 10.6. The van der Waals surface area contributed by atoms with Gasteiger partial charge in [0.05, 0.1) is 18.2 Å². The first-order valence-electron chi connectivity index (χ1n) is 12.6. The number of fused-ring (bicyclic) bond motifs is 1. The number of alkyl carbamates (subject to hydrolysis) is 1. The summed E-state index contributed by atoms with van der Waals surface area (Å²) < 4.78 is 16.5. The number of benzene rings is 3. The van der Waals surface area contributed by atoms with Gasteiger partial charge in [-0.2, -0.15) is 0 Å². The highest BCUT2D eigenvalue weighted by Crippen LogP contribution is 2.48. The predicted octanol–water partition coefficient (Wildman–Crippen LogP) is 5.49. The lowest BCUT2D eigenvalue weighted by Gasteiger charge is -2.23. The average Bonchev–Trinajstić information content (AvgIpc) is 3.62. The van der Waals surface area contributed by atoms with E-state index in [2.05, 4.69) is 34.9 Å². The van der Waals surface area contributed by atoms with Gasteiger partial charge >= 0.3 is 6.09 Å². The fraction of sp³-hybridized carbons (Fsp3) is 0.400. The summed E-state index contributed by atoms with van der Waals surface area (Å²) in [6.07, 6.45) is 1.26. The molecule has 1 fully saturated rings. The molecule has 0 radical (unpaired) electrons. The van der Waals surface area contributed by atoms with Crippen molar-refractivity contribution >= 4 is 22.8 Å². The lowest BCUT2D eigenvalue weighted by atomic mass is 9.96. The zero-order chi connectivity index (χ0) is 26.6. The van der Waals surface area contributed by atoms with E-state index in [0.717, 1.165) is 29.4 Å². The topological polar surface area (TPSA) is 85.9 Å². The van der Waals surface area contributed by atoms with Gasteiger partial charge in [0.15, 0.2) is 0 Å². The number of aryl methyl sites for hydroxylation is 1. The van der Waals surface area contributed by atoms with Gasteiger partial charge in [0.1, 0.15) is 18.0 Å². The van der Waals surface area contributed by atoms with E-state index in [1.165, 1.54) is 5.39 Å². The normalized spacial score (nSPS) is 15.1. The molecule has 1 aliphatic rings. The molecule has 1 aliphatic carbocycles. The molecule has 0 heterocycles. The number of ether oxygens (including phenoxy) is 3. The average molecular weight is 505 g/mol. The SMILES string of the molecule is COCC(COc1ccc(C)c(C(=O)NC2(c3cccc4ccccc34)CC2)c1)NC(=O)OC(C)(C)C. The second kappa shape index (κ2) is 10.8. The first-order valence-corrected chi connectivity index (χ1v) is 12.6. The minimum Gasteiger partial charge on any atom is -0.491 e. The van der Waals surface area contributed by atoms with Crippen LogP contribution in [-0.4, -0.2) is 44.0 Å². The number of hydrogen-bond acceptors (Lipinski definition) is 5. The van der Waals surface area contributed by atoms with Gasteiger partial charge in [0, 0.05) is 12.7 Å². The summed E-state index contributed by atoms with van der Waals surface area (Å²) >= 11 is 0. The number of carbonyl (C=O) groups is 2. The molecule has 0 bridgehead atoms. The standard InChI is InChI=1S/C30H36N2O5/c1-20-13-14-23(36-19-22(18-35-5)31-28(34)37-29(2,3)4)17-25(20)27(33)32-30(15-16-30)26-12-8-10-21-9-6-7-11-24(21)26/h6-14,17,22H,15-16,18-19H2,1-5H3,(H,31,34)(H,32,33). The van der Waals surface area contributed by atoms with Gasteiger partial charge in [-0.05, 0) is 74.6 Å². The highest BCUT2D eigenvalue weighted by atomic mass is 16.6.